The van der Waals surface area contributed by atoms with E-state index in [-0.39, 0.29) is 5.92 Å². The van der Waals surface area contributed by atoms with Gasteiger partial charge in [0.25, 0.3) is 0 Å². The summed E-state index contributed by atoms with van der Waals surface area (Å²) >= 11 is 0. The Balaban J connectivity index is 4.36. The van der Waals surface area contributed by atoms with Crippen LogP contribution in [0.4, 0.5) is 0 Å². The van der Waals surface area contributed by atoms with Gasteiger partial charge < -0.3 is 15.7 Å². The van der Waals surface area contributed by atoms with Gasteiger partial charge in [0, 0.05) is 0 Å². The summed E-state index contributed by atoms with van der Waals surface area (Å²) in [5.74, 6) is -2.09. The van der Waals surface area contributed by atoms with Crippen LogP contribution in [0.5, 0.6) is 0 Å². The van der Waals surface area contributed by atoms with Gasteiger partial charge in [-0.05, 0) is 12.3 Å². The van der Waals surface area contributed by atoms with Gasteiger partial charge in [0.15, 0.2) is 0 Å². The van der Waals surface area contributed by atoms with Gasteiger partial charge in [0.2, 0.25) is 7.37 Å². The Labute approximate surface area is 86.0 Å². The van der Waals surface area contributed by atoms with Crippen molar-refractivity contribution in [1.82, 2.24) is 0 Å². The summed E-state index contributed by atoms with van der Waals surface area (Å²) in [5.41, 5.74) is 5.59. The second kappa shape index (κ2) is 5.86. The van der Waals surface area contributed by atoms with Gasteiger partial charge in [-0.3, -0.25) is 4.57 Å². The smallest absolute Gasteiger partial charge is 0.244 e. The minimum absolute atomic E-state index is 0.0953. The molecular weight excluding hydrogens is 201 g/mol. The molecule has 4 N–H and O–H groups in total. The van der Waals surface area contributed by atoms with Gasteiger partial charge in [-0.1, -0.05) is 33.6 Å². The molecule has 5 heteroatoms. The number of aliphatic hydroxyl groups is 1. The van der Waals surface area contributed by atoms with Crippen LogP contribution in [-0.2, 0) is 4.57 Å². The molecule has 0 aromatic rings. The predicted octanol–water partition coefficient (Wildman–Crippen LogP) is 1.71. The molecule has 0 radical (unpaired) electrons. The predicted molar refractivity (Wildman–Crippen MR) is 58.2 cm³/mol. The fourth-order valence-corrected chi connectivity index (χ4v) is 3.00. The normalized spacial score (nSPS) is 20.5. The third-order valence-corrected chi connectivity index (χ3v) is 4.92. The number of nitrogens with two attached hydrogens (primary N) is 1. The fraction of sp³-hybridized carbons (Fsp3) is 1.00. The van der Waals surface area contributed by atoms with Crippen molar-refractivity contribution in [2.45, 2.75) is 51.7 Å². The molecule has 0 aliphatic rings. The zero-order valence-electron chi connectivity index (χ0n) is 9.18. The summed E-state index contributed by atoms with van der Waals surface area (Å²) in [6.07, 6.45) is 2.00. The highest BCUT2D eigenvalue weighted by Gasteiger charge is 2.36. The molecule has 0 aromatic carbocycles. The Morgan fingerprint density at radius 1 is 1.43 bits per heavy atom. The number of unbranched alkanes of at least 4 members (excludes halogenated alkanes) is 1. The van der Waals surface area contributed by atoms with Crippen molar-refractivity contribution in [3.63, 3.8) is 0 Å². The van der Waals surface area contributed by atoms with E-state index in [1.54, 1.807) is 13.8 Å². The second-order valence-corrected chi connectivity index (χ2v) is 6.57. The van der Waals surface area contributed by atoms with Crippen molar-refractivity contribution in [2.24, 2.45) is 11.7 Å². The second-order valence-electron chi connectivity index (χ2n) is 4.03. The molecule has 3 atom stereocenters. The van der Waals surface area contributed by atoms with E-state index in [2.05, 4.69) is 0 Å². The summed E-state index contributed by atoms with van der Waals surface area (Å²) < 4.78 is 11.7. The van der Waals surface area contributed by atoms with Gasteiger partial charge in [-0.2, -0.15) is 0 Å². The number of hydrogen-bond donors (Lipinski definition) is 3. The molecule has 0 fully saturated rings. The van der Waals surface area contributed by atoms with Gasteiger partial charge in [0.05, 0.1) is 5.78 Å². The lowest BCUT2D eigenvalue weighted by atomic mass is 10.2. The molecule has 3 unspecified atom stereocenters. The maximum absolute atomic E-state index is 11.7. The first kappa shape index (κ1) is 14.1. The molecule has 0 aliphatic heterocycles. The van der Waals surface area contributed by atoms with Crippen molar-refractivity contribution in [1.29, 1.82) is 0 Å². The van der Waals surface area contributed by atoms with E-state index in [0.717, 1.165) is 12.8 Å². The molecule has 0 aromatic heterocycles. The molecule has 0 spiro atoms. The van der Waals surface area contributed by atoms with E-state index >= 15 is 0 Å². The number of rotatable bonds is 6. The van der Waals surface area contributed by atoms with Crippen molar-refractivity contribution >= 4 is 7.37 Å². The molecule has 4 nitrogen and oxygen atoms in total. The van der Waals surface area contributed by atoms with Crippen LogP contribution >= 0.6 is 7.37 Å². The standard InChI is InChI=1S/C9H22NO3P/c1-4-5-6-8(11)14(12,13)9(10)7(2)3/h7-9,11H,4-6,10H2,1-3H3,(H,12,13). The monoisotopic (exact) mass is 223 g/mol. The minimum atomic E-state index is -3.63. The lowest BCUT2D eigenvalue weighted by Crippen LogP contribution is -2.31. The van der Waals surface area contributed by atoms with Crippen LogP contribution in [0.2, 0.25) is 0 Å². The SMILES string of the molecule is CCCCC(O)P(=O)(O)C(N)C(C)C. The van der Waals surface area contributed by atoms with Gasteiger partial charge in [-0.25, -0.2) is 0 Å². The fourth-order valence-electron chi connectivity index (χ4n) is 1.20. The zero-order chi connectivity index (χ0) is 11.4. The van der Waals surface area contributed by atoms with Gasteiger partial charge in [-0.15, -0.1) is 0 Å². The first-order chi connectivity index (χ1) is 6.34. The summed E-state index contributed by atoms with van der Waals surface area (Å²) in [6.45, 7) is 5.53. The van der Waals surface area contributed by atoms with Crippen LogP contribution in [0, 0.1) is 5.92 Å². The van der Waals surface area contributed by atoms with Crippen LogP contribution in [-0.4, -0.2) is 21.6 Å². The van der Waals surface area contributed by atoms with E-state index < -0.39 is 19.0 Å². The van der Waals surface area contributed by atoms with Crippen LogP contribution in [0.15, 0.2) is 0 Å². The molecular formula is C9H22NO3P. The molecule has 0 bridgehead atoms. The molecule has 0 saturated carbocycles. The quantitative estimate of drug-likeness (QED) is 0.598. The van der Waals surface area contributed by atoms with Crippen LogP contribution in [0.1, 0.15) is 40.0 Å². The van der Waals surface area contributed by atoms with Crippen molar-refractivity contribution < 1.29 is 14.6 Å². The lowest BCUT2D eigenvalue weighted by molar-refractivity contribution is 0.211. The summed E-state index contributed by atoms with van der Waals surface area (Å²) in [7, 11) is -3.63. The van der Waals surface area contributed by atoms with E-state index in [0.29, 0.717) is 6.42 Å². The number of aliphatic hydroxyl groups excluding tert-OH is 1. The van der Waals surface area contributed by atoms with Gasteiger partial charge >= 0.3 is 0 Å². The Hall–Kier alpha value is 0.110. The minimum Gasteiger partial charge on any atom is -0.383 e. The summed E-state index contributed by atoms with van der Waals surface area (Å²) in [4.78, 5) is 9.63. The lowest BCUT2D eigenvalue weighted by Gasteiger charge is -2.26. The maximum atomic E-state index is 11.7. The van der Waals surface area contributed by atoms with E-state index in [1.807, 2.05) is 6.92 Å². The average Bonchev–Trinajstić information content (AvgIpc) is 2.12. The molecule has 0 amide bonds. The first-order valence-corrected chi connectivity index (χ1v) is 6.89. The Kier molecular flexibility index (Phi) is 5.91. The molecule has 86 valence electrons. The first-order valence-electron chi connectivity index (χ1n) is 5.09. The average molecular weight is 223 g/mol. The third-order valence-electron chi connectivity index (χ3n) is 2.35. The van der Waals surface area contributed by atoms with Crippen molar-refractivity contribution in [2.75, 3.05) is 0 Å². The summed E-state index contributed by atoms with van der Waals surface area (Å²) in [6, 6.07) is 0. The van der Waals surface area contributed by atoms with Crippen molar-refractivity contribution in [3.8, 4) is 0 Å². The zero-order valence-corrected chi connectivity index (χ0v) is 10.1. The topological polar surface area (TPSA) is 83.5 Å². The molecule has 0 aliphatic carbocycles. The Morgan fingerprint density at radius 2 is 1.93 bits per heavy atom. The van der Waals surface area contributed by atoms with E-state index in [9.17, 15) is 14.6 Å². The largest absolute Gasteiger partial charge is 0.383 e. The maximum Gasteiger partial charge on any atom is 0.244 e. The molecule has 0 rings (SSSR count). The Morgan fingerprint density at radius 3 is 2.29 bits per heavy atom. The highest BCUT2D eigenvalue weighted by atomic mass is 31.2. The molecule has 0 heterocycles. The van der Waals surface area contributed by atoms with Crippen LogP contribution < -0.4 is 5.73 Å². The molecule has 0 saturated heterocycles. The van der Waals surface area contributed by atoms with Crippen LogP contribution in [0.3, 0.4) is 0 Å². The number of hydrogen-bond acceptors (Lipinski definition) is 3. The highest BCUT2D eigenvalue weighted by molar-refractivity contribution is 7.59. The molecule has 14 heavy (non-hydrogen) atoms. The Bertz CT molecular complexity index is 208. The van der Waals surface area contributed by atoms with Crippen molar-refractivity contribution in [3.05, 3.63) is 0 Å². The summed E-state index contributed by atoms with van der Waals surface area (Å²) in [5, 5.41) is 9.53. The van der Waals surface area contributed by atoms with Crippen LogP contribution in [0.25, 0.3) is 0 Å². The third kappa shape index (κ3) is 3.70. The highest BCUT2D eigenvalue weighted by Crippen LogP contribution is 2.51. The van der Waals surface area contributed by atoms with E-state index in [1.165, 1.54) is 0 Å². The van der Waals surface area contributed by atoms with E-state index in [4.69, 9.17) is 5.73 Å². The van der Waals surface area contributed by atoms with Gasteiger partial charge in [0.1, 0.15) is 5.85 Å².